The first-order valence-corrected chi connectivity index (χ1v) is 6.19. The molecule has 2 aromatic rings. The van der Waals surface area contributed by atoms with Crippen LogP contribution in [-0.4, -0.2) is 16.7 Å². The molecule has 100 valence electrons. The molecule has 0 aliphatic heterocycles. The topological polar surface area (TPSA) is 44.1 Å². The van der Waals surface area contributed by atoms with Gasteiger partial charge in [-0.2, -0.15) is 0 Å². The lowest BCUT2D eigenvalue weighted by molar-refractivity contribution is 0.350. The zero-order valence-electron chi connectivity index (χ0n) is 11.7. The quantitative estimate of drug-likeness (QED) is 0.848. The lowest BCUT2D eigenvalue weighted by atomic mass is 10.1. The lowest BCUT2D eigenvalue weighted by Gasteiger charge is -2.12. The van der Waals surface area contributed by atoms with Gasteiger partial charge in [0, 0.05) is 11.8 Å². The van der Waals surface area contributed by atoms with Crippen LogP contribution in [0.2, 0.25) is 0 Å². The molecule has 0 spiro atoms. The number of ether oxygens (including phenoxy) is 1. The van der Waals surface area contributed by atoms with E-state index in [-0.39, 0.29) is 5.56 Å². The van der Waals surface area contributed by atoms with Crippen molar-refractivity contribution in [1.29, 1.82) is 0 Å². The molecular weight excluding hydrogens is 240 g/mol. The van der Waals surface area contributed by atoms with E-state index in [0.717, 1.165) is 5.56 Å². The van der Waals surface area contributed by atoms with Crippen molar-refractivity contribution in [3.8, 4) is 6.01 Å². The third-order valence-electron chi connectivity index (χ3n) is 2.91. The van der Waals surface area contributed by atoms with E-state index < -0.39 is 0 Å². The monoisotopic (exact) mass is 258 g/mol. The Bertz CT molecular complexity index is 639. The average Bonchev–Trinajstić information content (AvgIpc) is 2.31. The van der Waals surface area contributed by atoms with Crippen LogP contribution in [0.25, 0.3) is 0 Å². The fraction of sp³-hybridized carbons (Fsp3) is 0.333. The zero-order valence-corrected chi connectivity index (χ0v) is 11.7. The molecule has 4 nitrogen and oxygen atoms in total. The molecule has 0 unspecified atom stereocenters. The van der Waals surface area contributed by atoms with Crippen LogP contribution in [0.4, 0.5) is 0 Å². The molecule has 0 radical (unpaired) electrons. The first-order chi connectivity index (χ1) is 8.99. The van der Waals surface area contributed by atoms with Crippen molar-refractivity contribution in [3.05, 3.63) is 57.0 Å². The van der Waals surface area contributed by atoms with Crippen LogP contribution >= 0.6 is 0 Å². The predicted octanol–water partition coefficient (Wildman–Crippen LogP) is 2.23. The Morgan fingerprint density at radius 2 is 1.74 bits per heavy atom. The first kappa shape index (κ1) is 13.3. The average molecular weight is 258 g/mol. The molecule has 0 aliphatic rings. The van der Waals surface area contributed by atoms with E-state index in [2.05, 4.69) is 23.2 Å². The Morgan fingerprint density at radius 1 is 1.11 bits per heavy atom. The number of aromatic nitrogens is 2. The van der Waals surface area contributed by atoms with Crippen molar-refractivity contribution in [3.63, 3.8) is 0 Å². The van der Waals surface area contributed by atoms with Crippen LogP contribution in [0, 0.1) is 20.8 Å². The van der Waals surface area contributed by atoms with Crippen molar-refractivity contribution in [2.75, 3.05) is 7.11 Å². The van der Waals surface area contributed by atoms with Gasteiger partial charge in [0.15, 0.2) is 0 Å². The first-order valence-electron chi connectivity index (χ1n) is 6.19. The van der Waals surface area contributed by atoms with Crippen molar-refractivity contribution >= 4 is 0 Å². The smallest absolute Gasteiger partial charge is 0.299 e. The highest BCUT2D eigenvalue weighted by atomic mass is 16.5. The second kappa shape index (κ2) is 5.26. The minimum atomic E-state index is -0.0940. The molecule has 0 aliphatic carbocycles. The molecule has 0 atom stereocenters. The second-order valence-corrected chi connectivity index (χ2v) is 4.80. The largest absolute Gasteiger partial charge is 0.468 e. The lowest BCUT2D eigenvalue weighted by Crippen LogP contribution is -2.23. The SMILES string of the molecule is COc1nc(C)cc(=O)n1Cc1cc(C)cc(C)c1. The summed E-state index contributed by atoms with van der Waals surface area (Å²) in [7, 11) is 1.53. The number of methoxy groups -OCH3 is 1. The van der Waals surface area contributed by atoms with E-state index in [1.54, 1.807) is 11.5 Å². The molecule has 0 saturated heterocycles. The summed E-state index contributed by atoms with van der Waals surface area (Å²) in [6.45, 7) is 6.34. The number of benzene rings is 1. The van der Waals surface area contributed by atoms with Crippen molar-refractivity contribution in [2.45, 2.75) is 27.3 Å². The van der Waals surface area contributed by atoms with E-state index in [0.29, 0.717) is 18.2 Å². The molecule has 1 aromatic heterocycles. The van der Waals surface area contributed by atoms with Gasteiger partial charge in [-0.05, 0) is 26.3 Å². The maximum absolute atomic E-state index is 12.0. The van der Waals surface area contributed by atoms with E-state index in [1.807, 2.05) is 13.8 Å². The summed E-state index contributed by atoms with van der Waals surface area (Å²) in [6, 6.07) is 8.11. The van der Waals surface area contributed by atoms with Crippen molar-refractivity contribution in [2.24, 2.45) is 0 Å². The number of hydrogen-bond donors (Lipinski definition) is 0. The van der Waals surface area contributed by atoms with Gasteiger partial charge in [-0.25, -0.2) is 4.98 Å². The summed E-state index contributed by atoms with van der Waals surface area (Å²) in [4.78, 5) is 16.3. The van der Waals surface area contributed by atoms with Crippen LogP contribution in [0.3, 0.4) is 0 Å². The Hall–Kier alpha value is -2.10. The van der Waals surface area contributed by atoms with Gasteiger partial charge in [0.25, 0.3) is 11.6 Å². The Labute approximate surface area is 112 Å². The van der Waals surface area contributed by atoms with Crippen LogP contribution in [-0.2, 0) is 6.54 Å². The normalized spacial score (nSPS) is 10.5. The maximum Gasteiger partial charge on any atom is 0.299 e. The molecule has 19 heavy (non-hydrogen) atoms. The Kier molecular flexibility index (Phi) is 3.69. The standard InChI is InChI=1S/C15H18N2O2/c1-10-5-11(2)7-13(6-10)9-17-14(18)8-12(3)16-15(17)19-4/h5-8H,9H2,1-4H3. The van der Waals surface area contributed by atoms with Gasteiger partial charge in [-0.3, -0.25) is 9.36 Å². The summed E-state index contributed by atoms with van der Waals surface area (Å²) in [5, 5.41) is 0. The van der Waals surface area contributed by atoms with Gasteiger partial charge in [-0.1, -0.05) is 29.3 Å². The van der Waals surface area contributed by atoms with Gasteiger partial charge in [0.2, 0.25) is 0 Å². The summed E-state index contributed by atoms with van der Waals surface area (Å²) in [6.07, 6.45) is 0. The van der Waals surface area contributed by atoms with Crippen LogP contribution in [0.15, 0.2) is 29.1 Å². The van der Waals surface area contributed by atoms with E-state index in [1.165, 1.54) is 24.3 Å². The highest BCUT2D eigenvalue weighted by Gasteiger charge is 2.08. The third-order valence-corrected chi connectivity index (χ3v) is 2.91. The third kappa shape index (κ3) is 3.02. The summed E-state index contributed by atoms with van der Waals surface area (Å²) in [5.41, 5.74) is 4.01. The van der Waals surface area contributed by atoms with Crippen molar-refractivity contribution < 1.29 is 4.74 Å². The molecule has 4 heteroatoms. The maximum atomic E-state index is 12.0. The number of aryl methyl sites for hydroxylation is 3. The fourth-order valence-corrected chi connectivity index (χ4v) is 2.24. The predicted molar refractivity (Wildman–Crippen MR) is 74.8 cm³/mol. The second-order valence-electron chi connectivity index (χ2n) is 4.80. The van der Waals surface area contributed by atoms with Gasteiger partial charge < -0.3 is 4.74 Å². The molecule has 0 fully saturated rings. The van der Waals surface area contributed by atoms with Gasteiger partial charge in [0.05, 0.1) is 13.7 Å². The summed E-state index contributed by atoms with van der Waals surface area (Å²) < 4.78 is 6.73. The molecule has 0 amide bonds. The van der Waals surface area contributed by atoms with Gasteiger partial charge in [-0.15, -0.1) is 0 Å². The zero-order chi connectivity index (χ0) is 14.0. The van der Waals surface area contributed by atoms with E-state index in [4.69, 9.17) is 4.74 Å². The molecule has 0 bridgehead atoms. The molecule has 0 saturated carbocycles. The Morgan fingerprint density at radius 3 is 2.32 bits per heavy atom. The molecule has 1 heterocycles. The fourth-order valence-electron chi connectivity index (χ4n) is 2.24. The summed E-state index contributed by atoms with van der Waals surface area (Å²) >= 11 is 0. The highest BCUT2D eigenvalue weighted by Crippen LogP contribution is 2.12. The molecular formula is C15H18N2O2. The van der Waals surface area contributed by atoms with Crippen LogP contribution in [0.1, 0.15) is 22.4 Å². The number of hydrogen-bond acceptors (Lipinski definition) is 3. The minimum absolute atomic E-state index is 0.0940. The van der Waals surface area contributed by atoms with Crippen LogP contribution < -0.4 is 10.3 Å². The molecule has 1 aromatic carbocycles. The minimum Gasteiger partial charge on any atom is -0.468 e. The van der Waals surface area contributed by atoms with Crippen LogP contribution in [0.5, 0.6) is 6.01 Å². The highest BCUT2D eigenvalue weighted by molar-refractivity contribution is 5.29. The van der Waals surface area contributed by atoms with Gasteiger partial charge in [0.1, 0.15) is 0 Å². The van der Waals surface area contributed by atoms with E-state index in [9.17, 15) is 4.79 Å². The van der Waals surface area contributed by atoms with E-state index >= 15 is 0 Å². The molecule has 0 N–H and O–H groups in total. The number of nitrogens with zero attached hydrogens (tertiary/aromatic N) is 2. The molecule has 2 rings (SSSR count). The van der Waals surface area contributed by atoms with Crippen molar-refractivity contribution in [1.82, 2.24) is 9.55 Å². The van der Waals surface area contributed by atoms with Gasteiger partial charge >= 0.3 is 0 Å². The number of rotatable bonds is 3. The Balaban J connectivity index is 2.46. The summed E-state index contributed by atoms with van der Waals surface area (Å²) in [5.74, 6) is 0.